The van der Waals surface area contributed by atoms with E-state index in [2.05, 4.69) is 9.97 Å². The zero-order valence-corrected chi connectivity index (χ0v) is 11.2. The fourth-order valence-corrected chi connectivity index (χ4v) is 2.67. The van der Waals surface area contributed by atoms with Crippen molar-refractivity contribution in [1.29, 1.82) is 0 Å². The van der Waals surface area contributed by atoms with Crippen molar-refractivity contribution in [3.63, 3.8) is 0 Å². The van der Waals surface area contributed by atoms with Crippen LogP contribution in [0.5, 0.6) is 5.75 Å². The van der Waals surface area contributed by atoms with Crippen LogP contribution in [0.15, 0.2) is 40.5 Å². The van der Waals surface area contributed by atoms with Crippen LogP contribution in [0.4, 0.5) is 0 Å². The van der Waals surface area contributed by atoms with Gasteiger partial charge in [-0.2, -0.15) is 0 Å². The summed E-state index contributed by atoms with van der Waals surface area (Å²) in [5.41, 5.74) is 1.78. The summed E-state index contributed by atoms with van der Waals surface area (Å²) in [6, 6.07) is 9.60. The molecule has 2 aromatic heterocycles. The van der Waals surface area contributed by atoms with Gasteiger partial charge in [-0.25, -0.2) is 4.98 Å². The maximum Gasteiger partial charge on any atom is 0.268 e. The first-order valence-electron chi connectivity index (χ1n) is 5.85. The monoisotopic (exact) mass is 272 g/mol. The predicted molar refractivity (Wildman–Crippen MR) is 76.0 cm³/mol. The van der Waals surface area contributed by atoms with Crippen molar-refractivity contribution in [3.8, 4) is 5.75 Å². The Kier molecular flexibility index (Phi) is 3.05. The molecule has 0 aliphatic heterocycles. The molecule has 4 nitrogen and oxygen atoms in total. The number of methoxy groups -OCH3 is 1. The standard InChI is InChI=1S/C14H12N2O2S/c1-18-10-4-2-9(3-5-10)8-12-15-11-6-7-19-13(11)14(17)16-12/h2-7H,8H2,1H3,(H,15,16,17). The first kappa shape index (κ1) is 11.9. The number of nitrogens with one attached hydrogen (secondary N) is 1. The van der Waals surface area contributed by atoms with Gasteiger partial charge in [-0.3, -0.25) is 4.79 Å². The summed E-state index contributed by atoms with van der Waals surface area (Å²) in [4.78, 5) is 19.1. The number of aromatic nitrogens is 2. The molecule has 0 amide bonds. The molecule has 3 aromatic rings. The van der Waals surface area contributed by atoms with E-state index in [9.17, 15) is 4.79 Å². The number of thiophene rings is 1. The smallest absolute Gasteiger partial charge is 0.268 e. The van der Waals surface area contributed by atoms with Crippen molar-refractivity contribution in [3.05, 3.63) is 57.5 Å². The van der Waals surface area contributed by atoms with Gasteiger partial charge in [0.2, 0.25) is 0 Å². The molecule has 0 bridgehead atoms. The Hall–Kier alpha value is -2.14. The van der Waals surface area contributed by atoms with Gasteiger partial charge in [0.1, 0.15) is 16.3 Å². The van der Waals surface area contributed by atoms with Gasteiger partial charge < -0.3 is 9.72 Å². The van der Waals surface area contributed by atoms with Gasteiger partial charge in [0, 0.05) is 6.42 Å². The molecule has 96 valence electrons. The van der Waals surface area contributed by atoms with E-state index >= 15 is 0 Å². The predicted octanol–water partition coefficient (Wildman–Crippen LogP) is 2.58. The average molecular weight is 272 g/mol. The Morgan fingerprint density at radius 2 is 2.05 bits per heavy atom. The van der Waals surface area contributed by atoms with Crippen LogP contribution in [0.1, 0.15) is 11.4 Å². The minimum atomic E-state index is -0.0662. The Labute approximate surface area is 113 Å². The SMILES string of the molecule is COc1ccc(Cc2nc3ccsc3c(=O)[nH]2)cc1. The lowest BCUT2D eigenvalue weighted by Gasteiger charge is -2.03. The fraction of sp³-hybridized carbons (Fsp3) is 0.143. The molecule has 0 atom stereocenters. The zero-order valence-electron chi connectivity index (χ0n) is 10.3. The maximum atomic E-state index is 11.8. The van der Waals surface area contributed by atoms with Gasteiger partial charge in [0.05, 0.1) is 12.6 Å². The van der Waals surface area contributed by atoms with E-state index in [4.69, 9.17) is 4.74 Å². The molecule has 0 aliphatic rings. The quantitative estimate of drug-likeness (QED) is 0.797. The highest BCUT2D eigenvalue weighted by molar-refractivity contribution is 7.17. The van der Waals surface area contributed by atoms with Crippen LogP contribution in [0.3, 0.4) is 0 Å². The van der Waals surface area contributed by atoms with E-state index in [1.807, 2.05) is 35.7 Å². The highest BCUT2D eigenvalue weighted by Crippen LogP contribution is 2.16. The van der Waals surface area contributed by atoms with Crippen molar-refractivity contribution in [1.82, 2.24) is 9.97 Å². The van der Waals surface area contributed by atoms with Gasteiger partial charge >= 0.3 is 0 Å². The van der Waals surface area contributed by atoms with Crippen molar-refractivity contribution in [2.24, 2.45) is 0 Å². The Morgan fingerprint density at radius 3 is 2.79 bits per heavy atom. The second-order valence-electron chi connectivity index (χ2n) is 4.17. The lowest BCUT2D eigenvalue weighted by molar-refractivity contribution is 0.414. The minimum Gasteiger partial charge on any atom is -0.497 e. The minimum absolute atomic E-state index is 0.0662. The Morgan fingerprint density at radius 1 is 1.26 bits per heavy atom. The summed E-state index contributed by atoms with van der Waals surface area (Å²) >= 11 is 1.41. The molecule has 1 N–H and O–H groups in total. The number of aromatic amines is 1. The van der Waals surface area contributed by atoms with Crippen molar-refractivity contribution in [2.75, 3.05) is 7.11 Å². The lowest BCUT2D eigenvalue weighted by atomic mass is 10.1. The van der Waals surface area contributed by atoms with Crippen LogP contribution in [-0.2, 0) is 6.42 Å². The third kappa shape index (κ3) is 2.37. The van der Waals surface area contributed by atoms with Gasteiger partial charge in [-0.15, -0.1) is 11.3 Å². The second kappa shape index (κ2) is 4.85. The summed E-state index contributed by atoms with van der Waals surface area (Å²) in [6.45, 7) is 0. The lowest BCUT2D eigenvalue weighted by Crippen LogP contribution is -2.10. The first-order chi connectivity index (χ1) is 9.26. The number of hydrogen-bond donors (Lipinski definition) is 1. The molecule has 0 unspecified atom stereocenters. The number of nitrogens with zero attached hydrogens (tertiary/aromatic N) is 1. The Balaban J connectivity index is 1.93. The zero-order chi connectivity index (χ0) is 13.2. The van der Waals surface area contributed by atoms with Crippen molar-refractivity contribution >= 4 is 21.6 Å². The van der Waals surface area contributed by atoms with Gasteiger partial charge in [0.15, 0.2) is 0 Å². The molecule has 0 saturated carbocycles. The number of hydrogen-bond acceptors (Lipinski definition) is 4. The highest BCUT2D eigenvalue weighted by atomic mass is 32.1. The third-order valence-electron chi connectivity index (χ3n) is 2.89. The summed E-state index contributed by atoms with van der Waals surface area (Å²) in [6.07, 6.45) is 0.602. The first-order valence-corrected chi connectivity index (χ1v) is 6.73. The summed E-state index contributed by atoms with van der Waals surface area (Å²) < 4.78 is 5.79. The topological polar surface area (TPSA) is 55.0 Å². The van der Waals surface area contributed by atoms with Gasteiger partial charge in [-0.05, 0) is 29.1 Å². The molecular formula is C14H12N2O2S. The van der Waals surface area contributed by atoms with Gasteiger partial charge in [0.25, 0.3) is 5.56 Å². The average Bonchev–Trinajstić information content (AvgIpc) is 2.88. The summed E-state index contributed by atoms with van der Waals surface area (Å²) in [5, 5.41) is 1.88. The van der Waals surface area contributed by atoms with E-state index in [0.717, 1.165) is 16.8 Å². The number of fused-ring (bicyclic) bond motifs is 1. The summed E-state index contributed by atoms with van der Waals surface area (Å²) in [7, 11) is 1.64. The maximum absolute atomic E-state index is 11.8. The highest BCUT2D eigenvalue weighted by Gasteiger charge is 2.05. The van der Waals surface area contributed by atoms with Crippen molar-refractivity contribution in [2.45, 2.75) is 6.42 Å². The third-order valence-corrected chi connectivity index (χ3v) is 3.80. The molecule has 3 rings (SSSR count). The largest absolute Gasteiger partial charge is 0.497 e. The van der Waals surface area contributed by atoms with Crippen LogP contribution in [0.25, 0.3) is 10.2 Å². The fourth-order valence-electron chi connectivity index (χ4n) is 1.94. The van der Waals surface area contributed by atoms with Crippen LogP contribution >= 0.6 is 11.3 Å². The summed E-state index contributed by atoms with van der Waals surface area (Å²) in [5.74, 6) is 1.50. The molecule has 0 fully saturated rings. The number of rotatable bonds is 3. The normalized spacial score (nSPS) is 10.8. The number of benzene rings is 1. The molecule has 0 spiro atoms. The molecular weight excluding hydrogens is 260 g/mol. The van der Waals surface area contributed by atoms with E-state index < -0.39 is 0 Å². The molecule has 1 aromatic carbocycles. The number of ether oxygens (including phenoxy) is 1. The van der Waals surface area contributed by atoms with E-state index in [1.165, 1.54) is 11.3 Å². The molecule has 0 aliphatic carbocycles. The van der Waals surface area contributed by atoms with E-state index in [-0.39, 0.29) is 5.56 Å². The molecule has 19 heavy (non-hydrogen) atoms. The van der Waals surface area contributed by atoms with Crippen LogP contribution < -0.4 is 10.3 Å². The second-order valence-corrected chi connectivity index (χ2v) is 5.09. The van der Waals surface area contributed by atoms with E-state index in [0.29, 0.717) is 16.9 Å². The van der Waals surface area contributed by atoms with E-state index in [1.54, 1.807) is 7.11 Å². The van der Waals surface area contributed by atoms with Gasteiger partial charge in [-0.1, -0.05) is 12.1 Å². The van der Waals surface area contributed by atoms with Crippen molar-refractivity contribution < 1.29 is 4.74 Å². The molecule has 2 heterocycles. The van der Waals surface area contributed by atoms with Crippen LogP contribution in [-0.4, -0.2) is 17.1 Å². The van der Waals surface area contributed by atoms with Crippen LogP contribution in [0.2, 0.25) is 0 Å². The number of H-pyrrole nitrogens is 1. The molecule has 0 radical (unpaired) electrons. The molecule has 0 saturated heterocycles. The Bertz CT molecular complexity index is 759. The van der Waals surface area contributed by atoms with Crippen LogP contribution in [0, 0.1) is 0 Å². The molecule has 5 heteroatoms.